The van der Waals surface area contributed by atoms with Gasteiger partial charge in [0.05, 0.1) is 49.9 Å². The molecular weight excluding hydrogens is 925 g/mol. The molecule has 0 amide bonds. The fourth-order valence-electron chi connectivity index (χ4n) is 7.51. The predicted octanol–water partition coefficient (Wildman–Crippen LogP) is 5.34. The molecule has 346 valence electrons. The molecule has 4 saturated heterocycles. The van der Waals surface area contributed by atoms with Crippen molar-refractivity contribution < 1.29 is 60.8 Å². The summed E-state index contributed by atoms with van der Waals surface area (Å²) in [5, 5.41) is 9.80. The van der Waals surface area contributed by atoms with Crippen LogP contribution in [0.25, 0.3) is 22.3 Å². The highest BCUT2D eigenvalue weighted by Crippen LogP contribution is 2.55. The molecule has 0 aliphatic carbocycles. The Hall–Kier alpha value is -2.41. The number of nitrogens with zero attached hydrogens (tertiary/aromatic N) is 8. The number of nitrogen functional groups attached to an aromatic ring is 2. The molecule has 0 bridgehead atoms. The standard InChI is InChI=1S/C17H25ClN5O6P.C15H20ClN5O4.C2H6ClO3P/c1-16(2)26-7-17(3)11(29-16)9(6-27-30(5,24)25-4)28-14(17)23-8-20-10-12(19)21-15(18)22-13(10)23;1-14(2)23-5-15(3)9(25-14)7(4-22)24-12(15)21-6-18-8-10(17)19-13(16)20-11(8)21;1-5-7(3,4)6-2/h8-9,11,14H,6-7H2,1-5H3,(H2,19,21,22);6-7,9,12,22H,4-5H2,1-3H3,(H2,17,19,20);1-2H3/t9-,11?,14-,17+,30?;7-,9?,12-,15+;/m11./s1. The van der Waals surface area contributed by atoms with Crippen molar-refractivity contribution >= 4 is 83.0 Å². The molecule has 0 aromatic carbocycles. The topological polar surface area (TPSA) is 286 Å². The van der Waals surface area contributed by atoms with Gasteiger partial charge in [-0.15, -0.1) is 0 Å². The Morgan fingerprint density at radius 1 is 0.758 bits per heavy atom. The van der Waals surface area contributed by atoms with Gasteiger partial charge in [0, 0.05) is 39.2 Å². The Morgan fingerprint density at radius 3 is 1.56 bits per heavy atom. The quantitative estimate of drug-likeness (QED) is 0.141. The molecule has 5 N–H and O–H groups in total. The van der Waals surface area contributed by atoms with Gasteiger partial charge in [-0.25, -0.2) is 14.5 Å². The minimum atomic E-state index is -3.20. The average molecular weight is 976 g/mol. The Morgan fingerprint density at radius 2 is 1.18 bits per heavy atom. The van der Waals surface area contributed by atoms with Crippen LogP contribution >= 0.6 is 49.0 Å². The largest absolute Gasteiger partial charge is 0.423 e. The van der Waals surface area contributed by atoms with Crippen molar-refractivity contribution in [2.75, 3.05) is 65.9 Å². The number of rotatable bonds is 9. The molecule has 28 heteroatoms. The molecule has 8 heterocycles. The second-order valence-electron chi connectivity index (χ2n) is 16.2. The number of ether oxygens (including phenoxy) is 6. The predicted molar refractivity (Wildman–Crippen MR) is 224 cm³/mol. The number of hydrogen-bond acceptors (Lipinski definition) is 21. The van der Waals surface area contributed by atoms with Crippen LogP contribution in [0.5, 0.6) is 0 Å². The van der Waals surface area contributed by atoms with Gasteiger partial charge in [-0.05, 0) is 50.9 Å². The SMILES string of the molecule is CC1(C)OC[C@@]2(C)C(O1)[C@@H](CO)O[C@H]2n1cnc2c(N)nc(Cl)nc21.COP(=O)(Cl)OC.COP(C)(=O)OC[C@H]1O[C@@H](n2cnc3c(N)nc(Cl)nc32)[C@@]2(C)COC(C)(C)OC12. The van der Waals surface area contributed by atoms with Crippen LogP contribution < -0.4 is 11.5 Å². The molecule has 23 nitrogen and oxygen atoms in total. The molecular formula is C34H51Cl3N10O13P2. The summed E-state index contributed by atoms with van der Waals surface area (Å²) in [5.74, 6) is -1.19. The first-order valence-corrected chi connectivity index (χ1v) is 24.1. The van der Waals surface area contributed by atoms with Crippen LogP contribution in [-0.4, -0.2) is 135 Å². The zero-order chi connectivity index (χ0) is 45.8. The highest BCUT2D eigenvalue weighted by molar-refractivity contribution is 7.81. The minimum Gasteiger partial charge on any atom is -0.394 e. The molecule has 4 aromatic rings. The average Bonchev–Trinajstić information content (AvgIpc) is 3.95. The number of nitrogens with two attached hydrogens (primary N) is 2. The van der Waals surface area contributed by atoms with E-state index in [-0.39, 0.29) is 41.5 Å². The number of anilines is 2. The van der Waals surface area contributed by atoms with E-state index in [9.17, 15) is 14.2 Å². The summed E-state index contributed by atoms with van der Waals surface area (Å²) in [6.45, 7) is 10.1. The van der Waals surface area contributed by atoms with Crippen molar-refractivity contribution in [3.05, 3.63) is 23.2 Å². The number of hydrogen-bond donors (Lipinski definition) is 3. The van der Waals surface area contributed by atoms with Crippen molar-refractivity contribution in [2.24, 2.45) is 10.8 Å². The number of aliphatic hydroxyl groups is 1. The van der Waals surface area contributed by atoms with Crippen LogP contribution in [0.4, 0.5) is 11.6 Å². The first-order chi connectivity index (χ1) is 28.8. The summed E-state index contributed by atoms with van der Waals surface area (Å²) >= 11 is 17.0. The molecule has 0 radical (unpaired) electrons. The molecule has 62 heavy (non-hydrogen) atoms. The second-order valence-corrected chi connectivity index (χ2v) is 21.8. The van der Waals surface area contributed by atoms with E-state index in [1.165, 1.54) is 28.0 Å². The lowest BCUT2D eigenvalue weighted by Crippen LogP contribution is -2.54. The van der Waals surface area contributed by atoms with E-state index in [4.69, 9.17) is 83.4 Å². The third kappa shape index (κ3) is 9.89. The Bertz CT molecular complexity index is 2350. The van der Waals surface area contributed by atoms with E-state index in [2.05, 4.69) is 39.0 Å². The Balaban J connectivity index is 0.000000182. The third-order valence-electron chi connectivity index (χ3n) is 10.8. The summed E-state index contributed by atoms with van der Waals surface area (Å²) < 4.78 is 81.4. The van der Waals surface area contributed by atoms with Crippen LogP contribution in [0, 0.1) is 10.8 Å². The molecule has 4 aromatic heterocycles. The summed E-state index contributed by atoms with van der Waals surface area (Å²) in [7, 11) is 0.575. The van der Waals surface area contributed by atoms with E-state index in [1.807, 2.05) is 41.5 Å². The van der Waals surface area contributed by atoms with Gasteiger partial charge in [0.25, 0.3) is 0 Å². The van der Waals surface area contributed by atoms with Crippen LogP contribution in [0.3, 0.4) is 0 Å². The highest BCUT2D eigenvalue weighted by atomic mass is 35.7. The van der Waals surface area contributed by atoms with Gasteiger partial charge < -0.3 is 63.1 Å². The lowest BCUT2D eigenvalue weighted by molar-refractivity contribution is -0.314. The van der Waals surface area contributed by atoms with E-state index in [0.29, 0.717) is 35.5 Å². The van der Waals surface area contributed by atoms with Gasteiger partial charge in [-0.1, -0.05) is 13.8 Å². The van der Waals surface area contributed by atoms with Crippen LogP contribution in [0.1, 0.15) is 54.0 Å². The van der Waals surface area contributed by atoms with E-state index in [0.717, 1.165) is 0 Å². The Labute approximate surface area is 371 Å². The maximum absolute atomic E-state index is 12.2. The first-order valence-electron chi connectivity index (χ1n) is 18.9. The number of aliphatic hydroxyl groups excluding tert-OH is 1. The van der Waals surface area contributed by atoms with Crippen molar-refractivity contribution in [3.63, 3.8) is 0 Å². The molecule has 8 rings (SSSR count). The van der Waals surface area contributed by atoms with Gasteiger partial charge >= 0.3 is 14.5 Å². The smallest absolute Gasteiger partial charge is 0.394 e. The maximum Gasteiger partial charge on any atom is 0.423 e. The summed E-state index contributed by atoms with van der Waals surface area (Å²) in [6.07, 6.45) is 0.250. The molecule has 4 fully saturated rings. The summed E-state index contributed by atoms with van der Waals surface area (Å²) in [6, 6.07) is 0. The second kappa shape index (κ2) is 18.1. The third-order valence-corrected chi connectivity index (χ3v) is 14.1. The maximum atomic E-state index is 12.2. The molecule has 4 aliphatic heterocycles. The van der Waals surface area contributed by atoms with Crippen molar-refractivity contribution in [2.45, 2.75) is 90.0 Å². The summed E-state index contributed by atoms with van der Waals surface area (Å²) in [5.41, 5.74) is 12.4. The lowest BCUT2D eigenvalue weighted by Gasteiger charge is -2.45. The molecule has 0 spiro atoms. The van der Waals surface area contributed by atoms with Crippen LogP contribution in [0.2, 0.25) is 10.6 Å². The minimum absolute atomic E-state index is 0.00521. The van der Waals surface area contributed by atoms with Crippen molar-refractivity contribution in [3.8, 4) is 0 Å². The molecule has 0 saturated carbocycles. The monoisotopic (exact) mass is 974 g/mol. The van der Waals surface area contributed by atoms with Gasteiger partial charge in [0.1, 0.15) is 47.9 Å². The van der Waals surface area contributed by atoms with Crippen LogP contribution in [0.15, 0.2) is 12.7 Å². The van der Waals surface area contributed by atoms with Crippen molar-refractivity contribution in [1.82, 2.24) is 39.0 Å². The van der Waals surface area contributed by atoms with Crippen molar-refractivity contribution in [1.29, 1.82) is 0 Å². The van der Waals surface area contributed by atoms with Gasteiger partial charge in [0.2, 0.25) is 10.6 Å². The van der Waals surface area contributed by atoms with Gasteiger partial charge in [0.15, 0.2) is 34.5 Å². The van der Waals surface area contributed by atoms with Crippen LogP contribution in [-0.2, 0) is 55.6 Å². The zero-order valence-corrected chi connectivity index (χ0v) is 39.6. The van der Waals surface area contributed by atoms with E-state index in [1.54, 1.807) is 21.8 Å². The van der Waals surface area contributed by atoms with Gasteiger partial charge in [-0.3, -0.25) is 13.7 Å². The summed E-state index contributed by atoms with van der Waals surface area (Å²) in [4.78, 5) is 25.0. The molecule has 9 atom stereocenters. The number of imidazole rings is 2. The normalized spacial score (nSPS) is 31.1. The zero-order valence-electron chi connectivity index (χ0n) is 35.6. The fraction of sp³-hybridized carbons (Fsp3) is 0.706. The first kappa shape index (κ1) is 49.0. The van der Waals surface area contributed by atoms with E-state index >= 15 is 0 Å². The molecule has 4 aliphatic rings. The number of fused-ring (bicyclic) bond motifs is 4. The number of aromatic nitrogens is 8. The fourth-order valence-corrected chi connectivity index (χ4v) is 8.53. The highest BCUT2D eigenvalue weighted by Gasteiger charge is 2.61. The lowest BCUT2D eigenvalue weighted by atomic mass is 9.81. The number of halogens is 3. The van der Waals surface area contributed by atoms with E-state index < -0.39 is 67.7 Å². The Kier molecular flexibility index (Phi) is 14.3. The van der Waals surface area contributed by atoms with Gasteiger partial charge in [-0.2, -0.15) is 19.9 Å². The molecule has 3 unspecified atom stereocenters.